The molecule has 14 heavy (non-hydrogen) atoms. The Morgan fingerprint density at radius 1 is 1.50 bits per heavy atom. The molecule has 2 rings (SSSR count). The molecule has 0 aromatic heterocycles. The maximum absolute atomic E-state index is 11.3. The molecule has 0 spiro atoms. The molecule has 1 amide bonds. The molecule has 2 aliphatic rings. The van der Waals surface area contributed by atoms with Gasteiger partial charge in [0.15, 0.2) is 0 Å². The average molecular weight is 196 g/mol. The third-order valence-electron chi connectivity index (χ3n) is 3.99. The number of hydrogen-bond acceptors (Lipinski definition) is 2. The van der Waals surface area contributed by atoms with Gasteiger partial charge in [-0.1, -0.05) is 19.3 Å². The van der Waals surface area contributed by atoms with Crippen molar-refractivity contribution in [1.82, 2.24) is 4.90 Å². The van der Waals surface area contributed by atoms with Crippen LogP contribution in [0.2, 0.25) is 0 Å². The Hall–Kier alpha value is -0.570. The molecule has 3 nitrogen and oxygen atoms in total. The third kappa shape index (κ3) is 1.54. The molecular formula is C11H20N2O. The molecule has 1 saturated heterocycles. The van der Waals surface area contributed by atoms with Gasteiger partial charge in [0.05, 0.1) is 0 Å². The summed E-state index contributed by atoms with van der Waals surface area (Å²) in [6.07, 6.45) is 5.17. The first-order valence-corrected chi connectivity index (χ1v) is 5.71. The van der Waals surface area contributed by atoms with Crippen LogP contribution in [0.5, 0.6) is 0 Å². The largest absolute Gasteiger partial charge is 0.339 e. The van der Waals surface area contributed by atoms with E-state index in [1.807, 2.05) is 4.90 Å². The van der Waals surface area contributed by atoms with Crippen LogP contribution >= 0.6 is 0 Å². The van der Waals surface area contributed by atoms with Crippen LogP contribution in [0.3, 0.4) is 0 Å². The lowest BCUT2D eigenvalue weighted by molar-refractivity contribution is -0.140. The lowest BCUT2D eigenvalue weighted by atomic mass is 9.70. The van der Waals surface area contributed by atoms with Crippen molar-refractivity contribution in [3.63, 3.8) is 0 Å². The number of amides is 1. The van der Waals surface area contributed by atoms with Crippen LogP contribution < -0.4 is 5.73 Å². The van der Waals surface area contributed by atoms with Crippen LogP contribution in [0.4, 0.5) is 0 Å². The predicted molar refractivity (Wildman–Crippen MR) is 55.7 cm³/mol. The Balaban J connectivity index is 1.94. The number of rotatable bonds is 3. The highest BCUT2D eigenvalue weighted by molar-refractivity contribution is 5.74. The maximum atomic E-state index is 11.3. The highest BCUT2D eigenvalue weighted by atomic mass is 16.2. The van der Waals surface area contributed by atoms with E-state index in [1.54, 1.807) is 6.92 Å². The van der Waals surface area contributed by atoms with E-state index in [0.717, 1.165) is 25.4 Å². The van der Waals surface area contributed by atoms with Gasteiger partial charge < -0.3 is 10.6 Å². The zero-order valence-electron chi connectivity index (χ0n) is 8.91. The fraction of sp³-hybridized carbons (Fsp3) is 0.909. The van der Waals surface area contributed by atoms with Crippen LogP contribution in [0.25, 0.3) is 0 Å². The van der Waals surface area contributed by atoms with Crippen molar-refractivity contribution in [2.45, 2.75) is 38.6 Å². The first-order valence-electron chi connectivity index (χ1n) is 5.71. The smallest absolute Gasteiger partial charge is 0.219 e. The first kappa shape index (κ1) is 9.97. The number of hydrogen-bond donors (Lipinski definition) is 1. The second-order valence-corrected chi connectivity index (χ2v) is 4.66. The van der Waals surface area contributed by atoms with Crippen molar-refractivity contribution < 1.29 is 4.79 Å². The molecular weight excluding hydrogens is 176 g/mol. The second kappa shape index (κ2) is 3.89. The van der Waals surface area contributed by atoms with Crippen molar-refractivity contribution in [1.29, 1.82) is 0 Å². The highest BCUT2D eigenvalue weighted by Crippen LogP contribution is 2.39. The molecule has 1 aliphatic carbocycles. The van der Waals surface area contributed by atoms with Gasteiger partial charge in [-0.25, -0.2) is 0 Å². The number of carbonyl (C=O) groups excluding carboxylic acids is 1. The summed E-state index contributed by atoms with van der Waals surface area (Å²) >= 11 is 0. The minimum absolute atomic E-state index is 0.221. The third-order valence-corrected chi connectivity index (χ3v) is 3.99. The van der Waals surface area contributed by atoms with Crippen LogP contribution in [0, 0.1) is 11.8 Å². The Kier molecular flexibility index (Phi) is 2.77. The van der Waals surface area contributed by atoms with Crippen LogP contribution in [0.15, 0.2) is 0 Å². The number of nitrogens with zero attached hydrogens (tertiary/aromatic N) is 1. The van der Waals surface area contributed by atoms with Crippen LogP contribution in [0.1, 0.15) is 32.6 Å². The predicted octanol–water partition coefficient (Wildman–Crippen LogP) is 0.982. The van der Waals surface area contributed by atoms with E-state index in [1.165, 1.54) is 19.3 Å². The molecule has 1 saturated carbocycles. The van der Waals surface area contributed by atoms with Gasteiger partial charge in [-0.2, -0.15) is 0 Å². The summed E-state index contributed by atoms with van der Waals surface area (Å²) in [6.45, 7) is 3.36. The van der Waals surface area contributed by atoms with Crippen LogP contribution in [-0.2, 0) is 4.79 Å². The molecule has 0 aromatic carbocycles. The average Bonchev–Trinajstić information content (AvgIpc) is 1.96. The van der Waals surface area contributed by atoms with Crippen LogP contribution in [-0.4, -0.2) is 29.9 Å². The number of nitrogens with two attached hydrogens (primary N) is 1. The van der Waals surface area contributed by atoms with Crippen molar-refractivity contribution in [3.8, 4) is 0 Å². The summed E-state index contributed by atoms with van der Waals surface area (Å²) in [5, 5.41) is 0. The molecule has 1 heterocycles. The fourth-order valence-corrected chi connectivity index (χ4v) is 2.78. The molecule has 3 heteroatoms. The molecule has 0 aromatic rings. The zero-order valence-corrected chi connectivity index (χ0v) is 8.91. The molecule has 0 bridgehead atoms. The van der Waals surface area contributed by atoms with Crippen molar-refractivity contribution in [2.75, 3.05) is 13.1 Å². The SMILES string of the molecule is CC(=O)N1CCC1C(CN)C1CCC1. The summed E-state index contributed by atoms with van der Waals surface area (Å²) in [6, 6.07) is 0.461. The van der Waals surface area contributed by atoms with Gasteiger partial charge in [-0.3, -0.25) is 4.79 Å². The standard InChI is InChI=1S/C11H20N2O/c1-8(14)13-6-5-11(13)10(7-12)9-3-2-4-9/h9-11H,2-7,12H2,1H3. The Labute approximate surface area is 85.6 Å². The molecule has 80 valence electrons. The van der Waals surface area contributed by atoms with E-state index in [2.05, 4.69) is 0 Å². The minimum Gasteiger partial charge on any atom is -0.339 e. The first-order chi connectivity index (χ1) is 6.74. The van der Waals surface area contributed by atoms with E-state index >= 15 is 0 Å². The Bertz CT molecular complexity index is 225. The number of likely N-dealkylation sites (tertiary alicyclic amines) is 1. The Morgan fingerprint density at radius 2 is 2.21 bits per heavy atom. The maximum Gasteiger partial charge on any atom is 0.219 e. The van der Waals surface area contributed by atoms with E-state index < -0.39 is 0 Å². The quantitative estimate of drug-likeness (QED) is 0.731. The summed E-state index contributed by atoms with van der Waals surface area (Å²) in [4.78, 5) is 13.3. The van der Waals surface area contributed by atoms with E-state index in [-0.39, 0.29) is 5.91 Å². The lowest BCUT2D eigenvalue weighted by Crippen LogP contribution is -2.57. The van der Waals surface area contributed by atoms with E-state index in [9.17, 15) is 4.79 Å². The molecule has 2 N–H and O–H groups in total. The normalized spacial score (nSPS) is 29.3. The number of carbonyl (C=O) groups is 1. The summed E-state index contributed by atoms with van der Waals surface area (Å²) in [5.74, 6) is 1.59. The fourth-order valence-electron chi connectivity index (χ4n) is 2.78. The van der Waals surface area contributed by atoms with Crippen molar-refractivity contribution in [3.05, 3.63) is 0 Å². The summed E-state index contributed by atoms with van der Waals surface area (Å²) in [7, 11) is 0. The van der Waals surface area contributed by atoms with Gasteiger partial charge in [-0.05, 0) is 24.8 Å². The van der Waals surface area contributed by atoms with E-state index in [0.29, 0.717) is 12.0 Å². The van der Waals surface area contributed by atoms with Gasteiger partial charge in [0.1, 0.15) is 0 Å². The van der Waals surface area contributed by atoms with E-state index in [4.69, 9.17) is 5.73 Å². The summed E-state index contributed by atoms with van der Waals surface area (Å²) in [5.41, 5.74) is 5.82. The second-order valence-electron chi connectivity index (χ2n) is 4.66. The van der Waals surface area contributed by atoms with Crippen molar-refractivity contribution in [2.24, 2.45) is 17.6 Å². The molecule has 2 atom stereocenters. The molecule has 2 fully saturated rings. The van der Waals surface area contributed by atoms with Gasteiger partial charge in [0.25, 0.3) is 0 Å². The minimum atomic E-state index is 0.221. The van der Waals surface area contributed by atoms with Gasteiger partial charge in [0.2, 0.25) is 5.91 Å². The molecule has 1 aliphatic heterocycles. The van der Waals surface area contributed by atoms with Gasteiger partial charge in [0, 0.05) is 19.5 Å². The molecule has 0 radical (unpaired) electrons. The monoisotopic (exact) mass is 196 g/mol. The van der Waals surface area contributed by atoms with Crippen molar-refractivity contribution >= 4 is 5.91 Å². The van der Waals surface area contributed by atoms with Gasteiger partial charge in [-0.15, -0.1) is 0 Å². The summed E-state index contributed by atoms with van der Waals surface area (Å²) < 4.78 is 0. The highest BCUT2D eigenvalue weighted by Gasteiger charge is 2.40. The lowest BCUT2D eigenvalue weighted by Gasteiger charge is -2.49. The zero-order chi connectivity index (χ0) is 10.1. The Morgan fingerprint density at radius 3 is 2.50 bits per heavy atom. The van der Waals surface area contributed by atoms with Gasteiger partial charge >= 0.3 is 0 Å². The topological polar surface area (TPSA) is 46.3 Å². The molecule has 2 unspecified atom stereocenters.